The van der Waals surface area contributed by atoms with Crippen LogP contribution in [0.25, 0.3) is 32.6 Å². The molecule has 4 rings (SSSR count). The van der Waals surface area contributed by atoms with E-state index in [1.165, 1.54) is 24.5 Å². The van der Waals surface area contributed by atoms with Gasteiger partial charge in [-0.05, 0) is 36.6 Å². The number of urea groups is 1. The highest BCUT2D eigenvalue weighted by Crippen LogP contribution is 2.39. The molecule has 0 aliphatic rings. The molecule has 0 radical (unpaired) electrons. The number of nitrogens with one attached hydrogen (secondary N) is 2. The van der Waals surface area contributed by atoms with E-state index >= 15 is 0 Å². The van der Waals surface area contributed by atoms with Crippen molar-refractivity contribution in [2.75, 3.05) is 18.5 Å². The lowest BCUT2D eigenvalue weighted by molar-refractivity contribution is -0.140. The van der Waals surface area contributed by atoms with Crippen LogP contribution in [0.5, 0.6) is 0 Å². The summed E-state index contributed by atoms with van der Waals surface area (Å²) in [6, 6.07) is 4.91. The Morgan fingerprint density at radius 2 is 1.90 bits per heavy atom. The lowest BCUT2D eigenvalue weighted by Crippen LogP contribution is -2.28. The first-order valence-electron chi connectivity index (χ1n) is 12.5. The number of halogens is 3. The fourth-order valence-electron chi connectivity index (χ4n) is 4.35. The Kier molecular flexibility index (Phi) is 8.44. The number of fused-ring (bicyclic) bond motifs is 1. The Morgan fingerprint density at radius 1 is 1.17 bits per heavy atom. The molecule has 0 bridgehead atoms. The summed E-state index contributed by atoms with van der Waals surface area (Å²) in [6.07, 6.45) is -2.14. The zero-order chi connectivity index (χ0) is 30.1. The second-order valence-corrected chi connectivity index (χ2v) is 10.3. The molecular weight excluding hydrogens is 563 g/mol. The summed E-state index contributed by atoms with van der Waals surface area (Å²) in [5, 5.41) is 25.7. The zero-order valence-electron chi connectivity index (χ0n) is 22.1. The van der Waals surface area contributed by atoms with Gasteiger partial charge in [0.15, 0.2) is 5.69 Å². The van der Waals surface area contributed by atoms with Gasteiger partial charge in [-0.15, -0.1) is 11.3 Å². The second kappa shape index (κ2) is 11.7. The van der Waals surface area contributed by atoms with Crippen molar-refractivity contribution in [1.82, 2.24) is 19.9 Å². The van der Waals surface area contributed by atoms with E-state index in [0.29, 0.717) is 23.2 Å². The Morgan fingerprint density at radius 3 is 2.49 bits per heavy atom. The van der Waals surface area contributed by atoms with Crippen molar-refractivity contribution in [3.8, 4) is 21.7 Å². The van der Waals surface area contributed by atoms with E-state index in [1.807, 2.05) is 13.8 Å². The number of thiazole rings is 1. The molecule has 0 fully saturated rings. The van der Waals surface area contributed by atoms with Crippen molar-refractivity contribution in [3.05, 3.63) is 63.5 Å². The van der Waals surface area contributed by atoms with Gasteiger partial charge >= 0.3 is 18.2 Å². The smallest absolute Gasteiger partial charge is 0.434 e. The second-order valence-electron chi connectivity index (χ2n) is 9.45. The summed E-state index contributed by atoms with van der Waals surface area (Å²) in [6.45, 7) is 5.42. The molecule has 1 aromatic carbocycles. The summed E-state index contributed by atoms with van der Waals surface area (Å²) < 4.78 is 41.6. The number of hydrogen-bond acceptors (Lipinski definition) is 7. The average molecular weight is 590 g/mol. The molecule has 0 aliphatic heterocycles. The van der Waals surface area contributed by atoms with Gasteiger partial charge in [-0.2, -0.15) is 13.2 Å². The predicted molar refractivity (Wildman–Crippen MR) is 148 cm³/mol. The van der Waals surface area contributed by atoms with Crippen LogP contribution in [-0.2, 0) is 6.18 Å². The number of carboxylic acid groups (broad SMARTS) is 1. The molecule has 2 amide bonds. The van der Waals surface area contributed by atoms with Crippen LogP contribution in [-0.4, -0.2) is 49.9 Å². The molecule has 0 spiro atoms. The number of carboxylic acids is 1. The van der Waals surface area contributed by atoms with E-state index in [4.69, 9.17) is 0 Å². The molecule has 14 heteroatoms. The number of rotatable bonds is 8. The van der Waals surface area contributed by atoms with Crippen LogP contribution in [0.2, 0.25) is 0 Å². The van der Waals surface area contributed by atoms with Gasteiger partial charge < -0.3 is 20.1 Å². The SMILES string of the molecule is CCNC(=O)Nc1cc(-c2nc(C(F)(F)F)cs2)c(-c2ccc3c(c2)c(=O)c(C(=O)O)cn3[C@H](CO)C(C)C)cn1. The molecular formula is C27H26F3N5O5S. The topological polar surface area (TPSA) is 146 Å². The number of pyridine rings is 2. The van der Waals surface area contributed by atoms with Gasteiger partial charge in [-0.1, -0.05) is 19.9 Å². The van der Waals surface area contributed by atoms with Crippen LogP contribution in [0.3, 0.4) is 0 Å². The van der Waals surface area contributed by atoms with E-state index in [2.05, 4.69) is 20.6 Å². The molecule has 41 heavy (non-hydrogen) atoms. The number of aromatic nitrogens is 3. The lowest BCUT2D eigenvalue weighted by Gasteiger charge is -2.25. The third kappa shape index (κ3) is 6.07. The van der Waals surface area contributed by atoms with E-state index in [0.717, 1.165) is 16.7 Å². The number of hydrogen-bond donors (Lipinski definition) is 4. The van der Waals surface area contributed by atoms with Gasteiger partial charge in [-0.3, -0.25) is 10.1 Å². The van der Waals surface area contributed by atoms with Gasteiger partial charge in [0, 0.05) is 40.8 Å². The number of amides is 2. The third-order valence-electron chi connectivity index (χ3n) is 6.40. The van der Waals surface area contributed by atoms with E-state index < -0.39 is 40.9 Å². The minimum absolute atomic E-state index is 0.00868. The van der Waals surface area contributed by atoms with Crippen molar-refractivity contribution in [3.63, 3.8) is 0 Å². The molecule has 4 aromatic rings. The first-order valence-corrected chi connectivity index (χ1v) is 13.3. The number of anilines is 1. The molecule has 0 unspecified atom stereocenters. The first-order chi connectivity index (χ1) is 19.3. The minimum atomic E-state index is -4.68. The first kappa shape index (κ1) is 29.7. The highest BCUT2D eigenvalue weighted by molar-refractivity contribution is 7.13. The largest absolute Gasteiger partial charge is 0.477 e. The highest BCUT2D eigenvalue weighted by atomic mass is 32.1. The van der Waals surface area contributed by atoms with Crippen LogP contribution in [0.15, 0.2) is 46.8 Å². The fraction of sp³-hybridized carbons (Fsp3) is 0.296. The summed E-state index contributed by atoms with van der Waals surface area (Å²) in [5.74, 6) is -1.50. The van der Waals surface area contributed by atoms with Gasteiger partial charge in [0.2, 0.25) is 5.43 Å². The quantitative estimate of drug-likeness (QED) is 0.220. The number of carbonyl (C=O) groups excluding carboxylic acids is 1. The normalized spacial score (nSPS) is 12.5. The molecule has 10 nitrogen and oxygen atoms in total. The molecule has 0 aliphatic carbocycles. The van der Waals surface area contributed by atoms with Crippen molar-refractivity contribution < 1.29 is 33.0 Å². The molecule has 3 heterocycles. The molecule has 1 atom stereocenters. The van der Waals surface area contributed by atoms with E-state index in [1.54, 1.807) is 23.6 Å². The van der Waals surface area contributed by atoms with E-state index in [-0.39, 0.29) is 34.3 Å². The number of aromatic carboxylic acids is 1. The fourth-order valence-corrected chi connectivity index (χ4v) is 5.21. The van der Waals surface area contributed by atoms with Crippen molar-refractivity contribution in [2.24, 2.45) is 5.92 Å². The summed E-state index contributed by atoms with van der Waals surface area (Å²) >= 11 is 0.743. The Hall–Kier alpha value is -4.30. The maximum atomic E-state index is 13.4. The number of alkyl halides is 3. The summed E-state index contributed by atoms with van der Waals surface area (Å²) in [5.41, 5.74) is -1.12. The van der Waals surface area contributed by atoms with Gasteiger partial charge in [0.25, 0.3) is 0 Å². The zero-order valence-corrected chi connectivity index (χ0v) is 22.9. The molecule has 0 saturated carbocycles. The van der Waals surface area contributed by atoms with Crippen molar-refractivity contribution in [2.45, 2.75) is 33.0 Å². The van der Waals surface area contributed by atoms with Crippen LogP contribution < -0.4 is 16.1 Å². The van der Waals surface area contributed by atoms with Crippen LogP contribution in [0.1, 0.15) is 42.9 Å². The summed E-state index contributed by atoms with van der Waals surface area (Å²) in [4.78, 5) is 45.2. The number of carbonyl (C=O) groups is 2. The van der Waals surface area contributed by atoms with Crippen molar-refractivity contribution >= 4 is 40.1 Å². The van der Waals surface area contributed by atoms with Crippen LogP contribution >= 0.6 is 11.3 Å². The number of aliphatic hydroxyl groups excluding tert-OH is 1. The monoisotopic (exact) mass is 589 g/mol. The van der Waals surface area contributed by atoms with Crippen molar-refractivity contribution in [1.29, 1.82) is 0 Å². The Balaban J connectivity index is 1.96. The molecule has 216 valence electrons. The highest BCUT2D eigenvalue weighted by Gasteiger charge is 2.34. The predicted octanol–water partition coefficient (Wildman–Crippen LogP) is 5.23. The summed E-state index contributed by atoms with van der Waals surface area (Å²) in [7, 11) is 0. The van der Waals surface area contributed by atoms with Gasteiger partial charge in [-0.25, -0.2) is 19.6 Å². The Labute approximate surface area is 235 Å². The third-order valence-corrected chi connectivity index (χ3v) is 7.27. The van der Waals surface area contributed by atoms with Gasteiger partial charge in [0.05, 0.1) is 18.2 Å². The maximum Gasteiger partial charge on any atom is 0.434 e. The maximum absolute atomic E-state index is 13.4. The number of nitrogens with zero attached hydrogens (tertiary/aromatic N) is 3. The molecule has 3 aromatic heterocycles. The van der Waals surface area contributed by atoms with Gasteiger partial charge in [0.1, 0.15) is 16.4 Å². The standard InChI is InChI=1S/C27H26F3N5O5S/c1-4-31-26(40)34-22-8-15(24-33-21(12-41-24)27(28,29)30)17(9-32-22)14-5-6-19-16(7-14)23(37)18(25(38)39)10-35(19)20(11-36)13(2)3/h5-10,12-13,20,36H,4,11H2,1-3H3,(H,38,39)(H2,31,32,34,40)/t20-/m1/s1. The Bertz CT molecular complexity index is 1680. The molecule has 0 saturated heterocycles. The van der Waals surface area contributed by atoms with E-state index in [9.17, 15) is 37.8 Å². The minimum Gasteiger partial charge on any atom is -0.477 e. The van der Waals surface area contributed by atoms with Crippen LogP contribution in [0, 0.1) is 5.92 Å². The molecule has 4 N–H and O–H groups in total. The van der Waals surface area contributed by atoms with Crippen LogP contribution in [0.4, 0.5) is 23.8 Å². The average Bonchev–Trinajstić information content (AvgIpc) is 3.41. The lowest BCUT2D eigenvalue weighted by atomic mass is 9.98. The number of aliphatic hydroxyl groups is 1. The number of benzene rings is 1.